The third-order valence-corrected chi connectivity index (χ3v) is 2.63. The number of hydrogen-bond donors (Lipinski definition) is 2. The van der Waals surface area contributed by atoms with Crippen LogP contribution in [0.25, 0.3) is 0 Å². The van der Waals surface area contributed by atoms with E-state index in [2.05, 4.69) is 5.32 Å². The molecule has 0 fully saturated rings. The molecule has 0 heterocycles. The Hall–Kier alpha value is -2.69. The van der Waals surface area contributed by atoms with Crippen LogP contribution < -0.4 is 20.5 Å². The molecule has 0 aliphatic rings. The van der Waals surface area contributed by atoms with Crippen LogP contribution in [0.4, 0.5) is 11.4 Å². The lowest BCUT2D eigenvalue weighted by molar-refractivity contribution is -0.114. The van der Waals surface area contributed by atoms with E-state index in [1.165, 1.54) is 6.92 Å². The van der Waals surface area contributed by atoms with Gasteiger partial charge in [-0.2, -0.15) is 0 Å². The third-order valence-electron chi connectivity index (χ3n) is 2.63. The fourth-order valence-corrected chi connectivity index (χ4v) is 1.69. The number of nitrogen functional groups attached to an aromatic ring is 1. The van der Waals surface area contributed by atoms with Crippen molar-refractivity contribution in [2.24, 2.45) is 0 Å². The number of carbonyl (C=O) groups excluding carboxylic acids is 1. The molecule has 2 aromatic carbocycles. The molecular weight excluding hydrogens is 256 g/mol. The largest absolute Gasteiger partial charge is 0.497 e. The SMILES string of the molecule is COc1ccc(Oc2ccc(NC(C)=O)c(N)c2)cc1. The first kappa shape index (κ1) is 13.7. The lowest BCUT2D eigenvalue weighted by atomic mass is 10.2. The molecule has 2 rings (SSSR count). The quantitative estimate of drug-likeness (QED) is 0.839. The molecule has 20 heavy (non-hydrogen) atoms. The second-order valence-electron chi connectivity index (χ2n) is 4.21. The van der Waals surface area contributed by atoms with Crippen molar-refractivity contribution in [3.63, 3.8) is 0 Å². The number of methoxy groups -OCH3 is 1. The number of carbonyl (C=O) groups is 1. The van der Waals surface area contributed by atoms with Gasteiger partial charge in [-0.1, -0.05) is 0 Å². The zero-order chi connectivity index (χ0) is 14.5. The van der Waals surface area contributed by atoms with Gasteiger partial charge < -0.3 is 20.5 Å². The Morgan fingerprint density at radius 1 is 1.05 bits per heavy atom. The van der Waals surface area contributed by atoms with Gasteiger partial charge in [0, 0.05) is 13.0 Å². The van der Waals surface area contributed by atoms with Crippen molar-refractivity contribution < 1.29 is 14.3 Å². The van der Waals surface area contributed by atoms with E-state index in [1.807, 2.05) is 12.1 Å². The minimum absolute atomic E-state index is 0.166. The molecule has 0 spiro atoms. The second kappa shape index (κ2) is 5.97. The first-order valence-electron chi connectivity index (χ1n) is 6.07. The summed E-state index contributed by atoms with van der Waals surface area (Å²) in [6.45, 7) is 1.43. The predicted octanol–water partition coefficient (Wildman–Crippen LogP) is 3.03. The van der Waals surface area contributed by atoms with Gasteiger partial charge in [0.15, 0.2) is 0 Å². The van der Waals surface area contributed by atoms with E-state index in [0.717, 1.165) is 5.75 Å². The van der Waals surface area contributed by atoms with Crippen LogP contribution in [0.2, 0.25) is 0 Å². The molecule has 1 amide bonds. The number of amides is 1. The van der Waals surface area contributed by atoms with Crippen molar-refractivity contribution in [3.8, 4) is 17.2 Å². The van der Waals surface area contributed by atoms with E-state index in [1.54, 1.807) is 37.4 Å². The van der Waals surface area contributed by atoms with Gasteiger partial charge in [0.2, 0.25) is 5.91 Å². The van der Waals surface area contributed by atoms with Crippen molar-refractivity contribution in [1.82, 2.24) is 0 Å². The lowest BCUT2D eigenvalue weighted by Crippen LogP contribution is -2.07. The first-order chi connectivity index (χ1) is 9.58. The van der Waals surface area contributed by atoms with Crippen LogP contribution >= 0.6 is 0 Å². The molecular formula is C15H16N2O3. The summed E-state index contributed by atoms with van der Waals surface area (Å²) in [5.41, 5.74) is 6.87. The lowest BCUT2D eigenvalue weighted by Gasteiger charge is -2.10. The third kappa shape index (κ3) is 3.41. The molecule has 104 valence electrons. The Bertz CT molecular complexity index is 609. The van der Waals surface area contributed by atoms with Gasteiger partial charge >= 0.3 is 0 Å². The first-order valence-corrected chi connectivity index (χ1v) is 6.07. The summed E-state index contributed by atoms with van der Waals surface area (Å²) in [6, 6.07) is 12.3. The van der Waals surface area contributed by atoms with Crippen molar-refractivity contribution >= 4 is 17.3 Å². The van der Waals surface area contributed by atoms with Crippen LogP contribution in [0.15, 0.2) is 42.5 Å². The zero-order valence-corrected chi connectivity index (χ0v) is 11.3. The van der Waals surface area contributed by atoms with Gasteiger partial charge in [-0.25, -0.2) is 0 Å². The van der Waals surface area contributed by atoms with Crippen LogP contribution in [0.3, 0.4) is 0 Å². The number of hydrogen-bond acceptors (Lipinski definition) is 4. The Morgan fingerprint density at radius 2 is 1.65 bits per heavy atom. The van der Waals surface area contributed by atoms with Gasteiger partial charge in [-0.05, 0) is 36.4 Å². The highest BCUT2D eigenvalue weighted by atomic mass is 16.5. The zero-order valence-electron chi connectivity index (χ0n) is 11.3. The molecule has 5 heteroatoms. The highest BCUT2D eigenvalue weighted by Crippen LogP contribution is 2.28. The number of benzene rings is 2. The van der Waals surface area contributed by atoms with Gasteiger partial charge in [0.25, 0.3) is 0 Å². The number of ether oxygens (including phenoxy) is 2. The molecule has 2 aromatic rings. The van der Waals surface area contributed by atoms with Gasteiger partial charge in [-0.15, -0.1) is 0 Å². The standard InChI is InChI=1S/C15H16N2O3/c1-10(18)17-15-8-7-13(9-14(15)16)20-12-5-3-11(19-2)4-6-12/h3-9H,16H2,1-2H3,(H,17,18). The maximum absolute atomic E-state index is 11.0. The second-order valence-corrected chi connectivity index (χ2v) is 4.21. The van der Waals surface area contributed by atoms with Crippen LogP contribution in [-0.4, -0.2) is 13.0 Å². The highest BCUT2D eigenvalue weighted by molar-refractivity contribution is 5.92. The maximum atomic E-state index is 11.0. The number of nitrogens with two attached hydrogens (primary N) is 1. The Balaban J connectivity index is 2.13. The van der Waals surface area contributed by atoms with Crippen LogP contribution in [0.1, 0.15) is 6.92 Å². The molecule has 3 N–H and O–H groups in total. The Kier molecular flexibility index (Phi) is 4.10. The molecule has 0 saturated carbocycles. The monoisotopic (exact) mass is 272 g/mol. The van der Waals surface area contributed by atoms with Crippen LogP contribution in [0.5, 0.6) is 17.2 Å². The molecule has 0 aliphatic carbocycles. The minimum Gasteiger partial charge on any atom is -0.497 e. The van der Waals surface area contributed by atoms with Gasteiger partial charge in [-0.3, -0.25) is 4.79 Å². The summed E-state index contributed by atoms with van der Waals surface area (Å²) in [7, 11) is 1.61. The summed E-state index contributed by atoms with van der Waals surface area (Å²) >= 11 is 0. The molecule has 0 atom stereocenters. The Labute approximate surface area is 117 Å². The fourth-order valence-electron chi connectivity index (χ4n) is 1.69. The molecule has 0 aliphatic heterocycles. The van der Waals surface area contributed by atoms with E-state index < -0.39 is 0 Å². The topological polar surface area (TPSA) is 73.6 Å². The average molecular weight is 272 g/mol. The summed E-state index contributed by atoms with van der Waals surface area (Å²) in [5.74, 6) is 1.87. The molecule has 5 nitrogen and oxygen atoms in total. The summed E-state index contributed by atoms with van der Waals surface area (Å²) in [4.78, 5) is 11.0. The summed E-state index contributed by atoms with van der Waals surface area (Å²) in [6.07, 6.45) is 0. The van der Waals surface area contributed by atoms with Crippen LogP contribution in [-0.2, 0) is 4.79 Å². The van der Waals surface area contributed by atoms with Gasteiger partial charge in [0.05, 0.1) is 18.5 Å². The molecule has 0 aromatic heterocycles. The number of nitrogens with one attached hydrogen (secondary N) is 1. The minimum atomic E-state index is -0.166. The normalized spacial score (nSPS) is 9.90. The van der Waals surface area contributed by atoms with E-state index >= 15 is 0 Å². The van der Waals surface area contributed by atoms with Crippen LogP contribution in [0, 0.1) is 0 Å². The molecule has 0 saturated heterocycles. The van der Waals surface area contributed by atoms with Crippen molar-refractivity contribution in [1.29, 1.82) is 0 Å². The summed E-state index contributed by atoms with van der Waals surface area (Å²) in [5, 5.41) is 2.64. The Morgan fingerprint density at radius 3 is 2.20 bits per heavy atom. The molecule has 0 unspecified atom stereocenters. The predicted molar refractivity (Wildman–Crippen MR) is 78.2 cm³/mol. The van der Waals surface area contributed by atoms with E-state index in [0.29, 0.717) is 22.9 Å². The summed E-state index contributed by atoms with van der Waals surface area (Å²) < 4.78 is 10.7. The van der Waals surface area contributed by atoms with Crippen molar-refractivity contribution in [2.75, 3.05) is 18.2 Å². The molecule has 0 radical (unpaired) electrons. The van der Waals surface area contributed by atoms with E-state index in [9.17, 15) is 4.79 Å². The van der Waals surface area contributed by atoms with Crippen molar-refractivity contribution in [3.05, 3.63) is 42.5 Å². The van der Waals surface area contributed by atoms with Gasteiger partial charge in [0.1, 0.15) is 17.2 Å². The van der Waals surface area contributed by atoms with Crippen molar-refractivity contribution in [2.45, 2.75) is 6.92 Å². The number of rotatable bonds is 4. The average Bonchev–Trinajstić information content (AvgIpc) is 2.42. The highest BCUT2D eigenvalue weighted by Gasteiger charge is 2.04. The maximum Gasteiger partial charge on any atom is 0.221 e. The smallest absolute Gasteiger partial charge is 0.221 e. The van der Waals surface area contributed by atoms with E-state index in [-0.39, 0.29) is 5.91 Å². The van der Waals surface area contributed by atoms with E-state index in [4.69, 9.17) is 15.2 Å². The fraction of sp³-hybridized carbons (Fsp3) is 0.133. The number of anilines is 2. The molecule has 0 bridgehead atoms.